The number of carbonyl (C=O) groups is 1. The van der Waals surface area contributed by atoms with E-state index < -0.39 is 10.7 Å². The molecule has 0 fully saturated rings. The van der Waals surface area contributed by atoms with Gasteiger partial charge in [0.2, 0.25) is 0 Å². The second-order valence-corrected chi connectivity index (χ2v) is 4.99. The van der Waals surface area contributed by atoms with Crippen LogP contribution in [0.1, 0.15) is 15.9 Å². The Morgan fingerprint density at radius 1 is 1.33 bits per heavy atom. The average molecular weight is 354 g/mol. The summed E-state index contributed by atoms with van der Waals surface area (Å²) in [6.07, 6.45) is 0.633. The highest BCUT2D eigenvalue weighted by Crippen LogP contribution is 2.29. The lowest BCUT2D eigenvalue weighted by Crippen LogP contribution is -2.01. The summed E-state index contributed by atoms with van der Waals surface area (Å²) < 4.78 is 19.3. The van der Waals surface area contributed by atoms with Crippen LogP contribution in [-0.4, -0.2) is 11.2 Å². The first-order valence-electron chi connectivity index (χ1n) is 5.81. The standard InChI is InChI=1S/C14H9BrFNO4/c15-13-3-1-2-10(7-18)14(13)21-8-9-4-11(16)6-12(5-9)17(19)20/h1-7H,8H2. The van der Waals surface area contributed by atoms with E-state index in [1.807, 2.05) is 0 Å². The van der Waals surface area contributed by atoms with Crippen LogP contribution in [0.5, 0.6) is 5.75 Å². The number of carbonyl (C=O) groups excluding carboxylic acids is 1. The molecule has 0 aliphatic heterocycles. The van der Waals surface area contributed by atoms with Gasteiger partial charge in [0.05, 0.1) is 21.0 Å². The lowest BCUT2D eigenvalue weighted by molar-refractivity contribution is -0.385. The van der Waals surface area contributed by atoms with Crippen LogP contribution in [0.25, 0.3) is 0 Å². The van der Waals surface area contributed by atoms with Crippen molar-refractivity contribution in [2.75, 3.05) is 0 Å². The second kappa shape index (κ2) is 6.45. The van der Waals surface area contributed by atoms with E-state index in [9.17, 15) is 19.3 Å². The van der Waals surface area contributed by atoms with Gasteiger partial charge in [0, 0.05) is 6.07 Å². The largest absolute Gasteiger partial charge is 0.487 e. The Morgan fingerprint density at radius 2 is 2.10 bits per heavy atom. The van der Waals surface area contributed by atoms with Crippen molar-refractivity contribution >= 4 is 27.9 Å². The SMILES string of the molecule is O=Cc1cccc(Br)c1OCc1cc(F)cc([N+](=O)[O-])c1. The fourth-order valence-electron chi connectivity index (χ4n) is 1.75. The third kappa shape index (κ3) is 3.63. The number of rotatable bonds is 5. The van der Waals surface area contributed by atoms with Gasteiger partial charge < -0.3 is 4.74 Å². The Bertz CT molecular complexity index is 705. The Balaban J connectivity index is 2.25. The van der Waals surface area contributed by atoms with Crippen molar-refractivity contribution in [2.45, 2.75) is 6.61 Å². The fraction of sp³-hybridized carbons (Fsp3) is 0.0714. The fourth-order valence-corrected chi connectivity index (χ4v) is 2.24. The van der Waals surface area contributed by atoms with Gasteiger partial charge in [-0.1, -0.05) is 6.07 Å². The molecule has 2 rings (SSSR count). The van der Waals surface area contributed by atoms with Crippen molar-refractivity contribution in [3.63, 3.8) is 0 Å². The van der Waals surface area contributed by atoms with E-state index in [0.717, 1.165) is 12.1 Å². The molecule has 0 radical (unpaired) electrons. The van der Waals surface area contributed by atoms with E-state index in [2.05, 4.69) is 15.9 Å². The monoisotopic (exact) mass is 353 g/mol. The number of hydrogen-bond acceptors (Lipinski definition) is 4. The summed E-state index contributed by atoms with van der Waals surface area (Å²) in [5.41, 5.74) is 0.279. The number of ether oxygens (including phenoxy) is 1. The number of aldehydes is 1. The van der Waals surface area contributed by atoms with Gasteiger partial charge in [-0.15, -0.1) is 0 Å². The molecule has 2 aromatic rings. The number of benzene rings is 2. The topological polar surface area (TPSA) is 69.4 Å². The third-order valence-corrected chi connectivity index (χ3v) is 3.29. The minimum Gasteiger partial charge on any atom is -0.487 e. The van der Waals surface area contributed by atoms with Gasteiger partial charge in [0.15, 0.2) is 6.29 Å². The smallest absolute Gasteiger partial charge is 0.272 e. The molecule has 0 aliphatic carbocycles. The molecule has 0 unspecified atom stereocenters. The van der Waals surface area contributed by atoms with E-state index in [1.165, 1.54) is 6.07 Å². The zero-order chi connectivity index (χ0) is 15.4. The highest BCUT2D eigenvalue weighted by atomic mass is 79.9. The van der Waals surface area contributed by atoms with Crippen LogP contribution in [0.4, 0.5) is 10.1 Å². The first-order chi connectivity index (χ1) is 10.0. The summed E-state index contributed by atoms with van der Waals surface area (Å²) in [7, 11) is 0. The number of nitro benzene ring substituents is 1. The van der Waals surface area contributed by atoms with Crippen LogP contribution in [0, 0.1) is 15.9 Å². The Labute approximate surface area is 127 Å². The van der Waals surface area contributed by atoms with Crippen molar-refractivity contribution in [2.24, 2.45) is 0 Å². The summed E-state index contributed by atoms with van der Waals surface area (Å²) in [4.78, 5) is 20.9. The molecule has 7 heteroatoms. The van der Waals surface area contributed by atoms with Crippen molar-refractivity contribution < 1.29 is 18.8 Å². The maximum atomic E-state index is 13.3. The number of para-hydroxylation sites is 1. The molecule has 0 atom stereocenters. The highest BCUT2D eigenvalue weighted by Gasteiger charge is 2.12. The lowest BCUT2D eigenvalue weighted by Gasteiger charge is -2.10. The van der Waals surface area contributed by atoms with Gasteiger partial charge in [-0.05, 0) is 39.7 Å². The van der Waals surface area contributed by atoms with Gasteiger partial charge in [0.1, 0.15) is 18.2 Å². The number of non-ortho nitro benzene ring substituents is 1. The molecule has 21 heavy (non-hydrogen) atoms. The molecule has 2 aromatic carbocycles. The zero-order valence-electron chi connectivity index (χ0n) is 10.6. The van der Waals surface area contributed by atoms with Crippen molar-refractivity contribution in [1.29, 1.82) is 0 Å². The van der Waals surface area contributed by atoms with E-state index >= 15 is 0 Å². The molecule has 0 saturated heterocycles. The number of halogens is 2. The summed E-state index contributed by atoms with van der Waals surface area (Å²) in [6.45, 7) is -0.0952. The van der Waals surface area contributed by atoms with E-state index in [-0.39, 0.29) is 12.3 Å². The lowest BCUT2D eigenvalue weighted by atomic mass is 10.2. The van der Waals surface area contributed by atoms with Crippen LogP contribution >= 0.6 is 15.9 Å². The van der Waals surface area contributed by atoms with E-state index in [4.69, 9.17) is 4.74 Å². The predicted molar refractivity (Wildman–Crippen MR) is 76.9 cm³/mol. The minimum absolute atomic E-state index is 0.0952. The molecule has 0 heterocycles. The quantitative estimate of drug-likeness (QED) is 0.464. The van der Waals surface area contributed by atoms with Crippen molar-refractivity contribution in [1.82, 2.24) is 0 Å². The number of nitrogens with zero attached hydrogens (tertiary/aromatic N) is 1. The van der Waals surface area contributed by atoms with Gasteiger partial charge >= 0.3 is 0 Å². The zero-order valence-corrected chi connectivity index (χ0v) is 12.2. The van der Waals surface area contributed by atoms with Crippen LogP contribution in [0.15, 0.2) is 40.9 Å². The molecule has 0 aliphatic rings. The third-order valence-electron chi connectivity index (χ3n) is 2.66. The van der Waals surface area contributed by atoms with Gasteiger partial charge in [-0.3, -0.25) is 14.9 Å². The van der Waals surface area contributed by atoms with Gasteiger partial charge in [0.25, 0.3) is 5.69 Å². The van der Waals surface area contributed by atoms with Crippen molar-refractivity contribution in [3.8, 4) is 5.75 Å². The first kappa shape index (κ1) is 15.1. The molecule has 0 saturated carbocycles. The summed E-state index contributed by atoms with van der Waals surface area (Å²) in [6, 6.07) is 8.13. The molecule has 0 amide bonds. The molecule has 0 N–H and O–H groups in total. The second-order valence-electron chi connectivity index (χ2n) is 4.14. The molecule has 5 nitrogen and oxygen atoms in total. The van der Waals surface area contributed by atoms with Crippen molar-refractivity contribution in [3.05, 3.63) is 67.9 Å². The first-order valence-corrected chi connectivity index (χ1v) is 6.61. The molecular formula is C14H9BrFNO4. The summed E-state index contributed by atoms with van der Waals surface area (Å²) >= 11 is 3.25. The normalized spacial score (nSPS) is 10.2. The molecule has 108 valence electrons. The Kier molecular flexibility index (Phi) is 4.64. The molecular weight excluding hydrogens is 345 g/mol. The molecule has 0 bridgehead atoms. The molecule has 0 aromatic heterocycles. The van der Waals surface area contributed by atoms with Crippen LogP contribution < -0.4 is 4.74 Å². The van der Waals surface area contributed by atoms with E-state index in [1.54, 1.807) is 18.2 Å². The number of nitro groups is 1. The van der Waals surface area contributed by atoms with Crippen LogP contribution in [0.2, 0.25) is 0 Å². The maximum Gasteiger partial charge on any atom is 0.272 e. The average Bonchev–Trinajstić information content (AvgIpc) is 2.45. The van der Waals surface area contributed by atoms with Crippen LogP contribution in [-0.2, 0) is 6.61 Å². The maximum absolute atomic E-state index is 13.3. The predicted octanol–water partition coefficient (Wildman–Crippen LogP) is 3.89. The minimum atomic E-state index is -0.717. The number of hydrogen-bond donors (Lipinski definition) is 0. The Hall–Kier alpha value is -2.28. The van der Waals surface area contributed by atoms with Gasteiger partial charge in [-0.25, -0.2) is 4.39 Å². The Morgan fingerprint density at radius 3 is 2.76 bits per heavy atom. The van der Waals surface area contributed by atoms with Gasteiger partial charge in [-0.2, -0.15) is 0 Å². The van der Waals surface area contributed by atoms with Crippen LogP contribution in [0.3, 0.4) is 0 Å². The van der Waals surface area contributed by atoms with E-state index in [0.29, 0.717) is 27.6 Å². The summed E-state index contributed by atoms with van der Waals surface area (Å²) in [5, 5.41) is 10.7. The molecule has 0 spiro atoms. The highest BCUT2D eigenvalue weighted by molar-refractivity contribution is 9.10. The summed E-state index contributed by atoms with van der Waals surface area (Å²) in [5.74, 6) is -0.412.